The van der Waals surface area contributed by atoms with Crippen LogP contribution in [-0.4, -0.2) is 43.9 Å². The van der Waals surface area contributed by atoms with E-state index in [0.29, 0.717) is 26.4 Å². The van der Waals surface area contributed by atoms with E-state index < -0.39 is 6.29 Å². The van der Waals surface area contributed by atoms with Crippen LogP contribution in [0.15, 0.2) is 73.3 Å². The Kier molecular flexibility index (Phi) is 6.52. The maximum Gasteiger partial charge on any atom is 0.187 e. The summed E-state index contributed by atoms with van der Waals surface area (Å²) >= 11 is 0. The summed E-state index contributed by atoms with van der Waals surface area (Å²) in [7, 11) is 0. The Morgan fingerprint density at radius 3 is 2.04 bits per heavy atom. The first kappa shape index (κ1) is 19.3. The van der Waals surface area contributed by atoms with Gasteiger partial charge < -0.3 is 23.7 Å². The molecule has 2 saturated heterocycles. The van der Waals surface area contributed by atoms with Gasteiger partial charge in [0.05, 0.1) is 26.4 Å². The average Bonchev–Trinajstić information content (AvgIpc) is 3.18. The molecule has 0 aromatic heterocycles. The zero-order valence-corrected chi connectivity index (χ0v) is 15.8. The van der Waals surface area contributed by atoms with Crippen LogP contribution in [0.5, 0.6) is 0 Å². The van der Waals surface area contributed by atoms with Gasteiger partial charge in [0.2, 0.25) is 0 Å². The van der Waals surface area contributed by atoms with Crippen molar-refractivity contribution in [3.05, 3.63) is 84.4 Å². The van der Waals surface area contributed by atoms with Gasteiger partial charge in [-0.3, -0.25) is 0 Å². The fourth-order valence-electron chi connectivity index (χ4n) is 3.62. The predicted octanol–water partition coefficient (Wildman–Crippen LogP) is 3.48. The van der Waals surface area contributed by atoms with Gasteiger partial charge in [0.1, 0.15) is 24.4 Å². The van der Waals surface area contributed by atoms with Crippen LogP contribution in [0.1, 0.15) is 11.1 Å². The van der Waals surface area contributed by atoms with Gasteiger partial charge in [-0.05, 0) is 11.1 Å². The molecule has 2 bridgehead atoms. The van der Waals surface area contributed by atoms with Gasteiger partial charge in [-0.2, -0.15) is 0 Å². The third-order valence-corrected chi connectivity index (χ3v) is 4.99. The molecule has 2 fully saturated rings. The Bertz CT molecular complexity index is 735. The van der Waals surface area contributed by atoms with E-state index in [0.717, 1.165) is 11.1 Å². The SMILES string of the molecule is C=CCO[C@H]1[C@@H]2OC[C@@H](O2)[C@H](OCc2ccccc2)[C@@H]1OCc1ccccc1. The molecular weight excluding hydrogens is 356 g/mol. The van der Waals surface area contributed by atoms with E-state index in [2.05, 4.69) is 6.58 Å². The first-order chi connectivity index (χ1) is 13.8. The van der Waals surface area contributed by atoms with Crippen molar-refractivity contribution >= 4 is 0 Å². The van der Waals surface area contributed by atoms with Crippen molar-refractivity contribution in [1.29, 1.82) is 0 Å². The lowest BCUT2D eigenvalue weighted by Crippen LogP contribution is -2.56. The van der Waals surface area contributed by atoms with Crippen LogP contribution in [0.3, 0.4) is 0 Å². The third kappa shape index (κ3) is 4.51. The van der Waals surface area contributed by atoms with Crippen molar-refractivity contribution in [1.82, 2.24) is 0 Å². The largest absolute Gasteiger partial charge is 0.368 e. The monoisotopic (exact) mass is 382 g/mol. The van der Waals surface area contributed by atoms with Gasteiger partial charge in [0.25, 0.3) is 0 Å². The topological polar surface area (TPSA) is 46.2 Å². The second-order valence-corrected chi connectivity index (χ2v) is 6.99. The molecule has 2 aliphatic rings. The zero-order chi connectivity index (χ0) is 19.2. The molecule has 0 spiro atoms. The van der Waals surface area contributed by atoms with Crippen LogP contribution < -0.4 is 0 Å². The lowest BCUT2D eigenvalue weighted by Gasteiger charge is -2.40. The first-order valence-corrected chi connectivity index (χ1v) is 9.66. The molecule has 0 N–H and O–H groups in total. The van der Waals surface area contributed by atoms with E-state index >= 15 is 0 Å². The normalized spacial score (nSPS) is 28.9. The first-order valence-electron chi connectivity index (χ1n) is 9.66. The smallest absolute Gasteiger partial charge is 0.187 e. The fourth-order valence-corrected chi connectivity index (χ4v) is 3.62. The van der Waals surface area contributed by atoms with Crippen molar-refractivity contribution in [2.75, 3.05) is 13.2 Å². The second-order valence-electron chi connectivity index (χ2n) is 6.99. The standard InChI is InChI=1S/C23H26O5/c1-2-13-24-22-21(26-15-18-11-7-4-8-12-18)20(19-16-27-23(22)28-19)25-14-17-9-5-3-6-10-17/h2-12,19-23H,1,13-16H2/t19-,20+,21+,22-,23-/m1/s1. The number of benzene rings is 2. The molecule has 0 amide bonds. The van der Waals surface area contributed by atoms with Gasteiger partial charge in [-0.15, -0.1) is 6.58 Å². The van der Waals surface area contributed by atoms with Crippen LogP contribution in [0.25, 0.3) is 0 Å². The highest BCUT2D eigenvalue weighted by Crippen LogP contribution is 2.34. The summed E-state index contributed by atoms with van der Waals surface area (Å²) in [4.78, 5) is 0. The molecule has 0 unspecified atom stereocenters. The lowest BCUT2D eigenvalue weighted by atomic mass is 10.00. The highest BCUT2D eigenvalue weighted by Gasteiger charge is 2.52. The van der Waals surface area contributed by atoms with Crippen LogP contribution in [0, 0.1) is 0 Å². The molecule has 0 saturated carbocycles. The Morgan fingerprint density at radius 2 is 1.43 bits per heavy atom. The number of hydrogen-bond acceptors (Lipinski definition) is 5. The van der Waals surface area contributed by atoms with Gasteiger partial charge >= 0.3 is 0 Å². The van der Waals surface area contributed by atoms with Crippen LogP contribution >= 0.6 is 0 Å². The van der Waals surface area contributed by atoms with E-state index in [1.807, 2.05) is 60.7 Å². The third-order valence-electron chi connectivity index (χ3n) is 4.99. The Morgan fingerprint density at radius 1 is 0.821 bits per heavy atom. The number of fused-ring (bicyclic) bond motifs is 2. The van der Waals surface area contributed by atoms with Crippen molar-refractivity contribution in [3.63, 3.8) is 0 Å². The van der Waals surface area contributed by atoms with E-state index in [9.17, 15) is 0 Å². The quantitative estimate of drug-likeness (QED) is 0.622. The van der Waals surface area contributed by atoms with Crippen molar-refractivity contribution < 1.29 is 23.7 Å². The molecule has 5 nitrogen and oxygen atoms in total. The Labute approximate surface area is 165 Å². The molecule has 5 heteroatoms. The average molecular weight is 382 g/mol. The summed E-state index contributed by atoms with van der Waals surface area (Å²) in [6.07, 6.45) is 0.156. The maximum atomic E-state index is 6.32. The van der Waals surface area contributed by atoms with E-state index in [4.69, 9.17) is 23.7 Å². The molecule has 4 rings (SSSR count). The fraction of sp³-hybridized carbons (Fsp3) is 0.391. The molecule has 2 heterocycles. The summed E-state index contributed by atoms with van der Waals surface area (Å²) in [6.45, 7) is 5.57. The molecule has 0 radical (unpaired) electrons. The molecule has 28 heavy (non-hydrogen) atoms. The molecule has 5 atom stereocenters. The highest BCUT2D eigenvalue weighted by molar-refractivity contribution is 5.14. The van der Waals surface area contributed by atoms with E-state index in [1.165, 1.54) is 0 Å². The molecule has 148 valence electrons. The van der Waals surface area contributed by atoms with Crippen LogP contribution in [-0.2, 0) is 36.9 Å². The van der Waals surface area contributed by atoms with Gasteiger partial charge in [-0.1, -0.05) is 66.7 Å². The van der Waals surface area contributed by atoms with Crippen molar-refractivity contribution in [2.45, 2.75) is 43.9 Å². The van der Waals surface area contributed by atoms with E-state index in [-0.39, 0.29) is 24.4 Å². The Hall–Kier alpha value is -2.02. The molecule has 2 aliphatic heterocycles. The van der Waals surface area contributed by atoms with Crippen LogP contribution in [0.4, 0.5) is 0 Å². The molecule has 2 aromatic carbocycles. The van der Waals surface area contributed by atoms with Crippen molar-refractivity contribution in [2.24, 2.45) is 0 Å². The summed E-state index contributed by atoms with van der Waals surface area (Å²) < 4.78 is 30.4. The summed E-state index contributed by atoms with van der Waals surface area (Å²) in [6, 6.07) is 20.2. The zero-order valence-electron chi connectivity index (χ0n) is 15.8. The Balaban J connectivity index is 1.50. The van der Waals surface area contributed by atoms with E-state index in [1.54, 1.807) is 6.08 Å². The minimum absolute atomic E-state index is 0.168. The summed E-state index contributed by atoms with van der Waals surface area (Å²) in [5, 5.41) is 0. The maximum absolute atomic E-state index is 6.32. The lowest BCUT2D eigenvalue weighted by molar-refractivity contribution is -0.264. The highest BCUT2D eigenvalue weighted by atomic mass is 16.8. The van der Waals surface area contributed by atoms with Crippen molar-refractivity contribution in [3.8, 4) is 0 Å². The van der Waals surface area contributed by atoms with Gasteiger partial charge in [0.15, 0.2) is 6.29 Å². The summed E-state index contributed by atoms with van der Waals surface area (Å²) in [5.41, 5.74) is 2.21. The van der Waals surface area contributed by atoms with Gasteiger partial charge in [0, 0.05) is 0 Å². The molecule has 0 aliphatic carbocycles. The number of rotatable bonds is 9. The minimum atomic E-state index is -0.442. The van der Waals surface area contributed by atoms with Gasteiger partial charge in [-0.25, -0.2) is 0 Å². The number of hydrogen-bond donors (Lipinski definition) is 0. The number of ether oxygens (including phenoxy) is 5. The predicted molar refractivity (Wildman–Crippen MR) is 105 cm³/mol. The molecular formula is C23H26O5. The second kappa shape index (κ2) is 9.45. The summed E-state index contributed by atoms with van der Waals surface area (Å²) in [5.74, 6) is 0. The van der Waals surface area contributed by atoms with Crippen LogP contribution in [0.2, 0.25) is 0 Å². The minimum Gasteiger partial charge on any atom is -0.368 e. The molecule has 2 aromatic rings.